The minimum Gasteiger partial charge on any atom is -0.414 e. The summed E-state index contributed by atoms with van der Waals surface area (Å²) < 4.78 is 57.2. The average molecular weight is 418 g/mol. The van der Waals surface area contributed by atoms with Crippen molar-refractivity contribution in [3.05, 3.63) is 29.5 Å². The number of hydrogen-bond donors (Lipinski definition) is 0. The van der Waals surface area contributed by atoms with E-state index in [-0.39, 0.29) is 18.5 Å². The molecule has 0 aliphatic rings. The maximum absolute atomic E-state index is 12.6. The van der Waals surface area contributed by atoms with E-state index in [4.69, 9.17) is 4.42 Å². The van der Waals surface area contributed by atoms with Crippen LogP contribution in [-0.4, -0.2) is 39.6 Å². The molecule has 0 radical (unpaired) electrons. The van der Waals surface area contributed by atoms with Crippen LogP contribution in [0.2, 0.25) is 0 Å². The van der Waals surface area contributed by atoms with Crippen molar-refractivity contribution < 1.29 is 21.6 Å². The summed E-state index contributed by atoms with van der Waals surface area (Å²) in [6.45, 7) is 3.81. The molecule has 0 saturated carbocycles. The van der Waals surface area contributed by atoms with E-state index in [0.29, 0.717) is 15.6 Å². The predicted octanol–water partition coefficient (Wildman–Crippen LogP) is 2.87. The zero-order chi connectivity index (χ0) is 19.8. The molecule has 9 nitrogen and oxygen atoms in total. The highest BCUT2D eigenvalue weighted by Crippen LogP contribution is 2.29. The number of anilines is 1. The van der Waals surface area contributed by atoms with Crippen LogP contribution in [-0.2, 0) is 16.6 Å². The van der Waals surface area contributed by atoms with Crippen molar-refractivity contribution in [3.8, 4) is 10.8 Å². The number of aromatic nitrogens is 5. The zero-order valence-electron chi connectivity index (χ0n) is 14.6. The Bertz CT molecular complexity index is 1030. The molecule has 0 aliphatic heterocycles. The van der Waals surface area contributed by atoms with E-state index in [1.54, 1.807) is 10.9 Å². The van der Waals surface area contributed by atoms with Crippen molar-refractivity contribution in [1.82, 2.24) is 25.0 Å². The van der Waals surface area contributed by atoms with Crippen molar-refractivity contribution in [2.45, 2.75) is 32.9 Å². The van der Waals surface area contributed by atoms with E-state index < -0.39 is 22.3 Å². The van der Waals surface area contributed by atoms with Gasteiger partial charge in [-0.05, 0) is 13.8 Å². The van der Waals surface area contributed by atoms with E-state index in [0.717, 1.165) is 17.6 Å². The van der Waals surface area contributed by atoms with Crippen LogP contribution in [0.3, 0.4) is 0 Å². The molecule has 0 spiro atoms. The molecule has 3 heterocycles. The number of rotatable bonds is 7. The molecule has 0 fully saturated rings. The summed E-state index contributed by atoms with van der Waals surface area (Å²) in [6.07, 6.45) is 2.69. The van der Waals surface area contributed by atoms with Gasteiger partial charge in [-0.25, -0.2) is 13.4 Å². The smallest absolute Gasteiger partial charge is 0.314 e. The molecule has 3 aromatic heterocycles. The highest BCUT2D eigenvalue weighted by molar-refractivity contribution is 7.92. The first-order valence-electron chi connectivity index (χ1n) is 7.73. The van der Waals surface area contributed by atoms with Crippen LogP contribution >= 0.6 is 11.3 Å². The fraction of sp³-hybridized carbons (Fsp3) is 0.429. The van der Waals surface area contributed by atoms with E-state index in [1.807, 2.05) is 13.8 Å². The number of sulfonamides is 1. The molecular formula is C14H16F2N6O3S2. The highest BCUT2D eigenvalue weighted by Gasteiger charge is 2.23. The molecule has 27 heavy (non-hydrogen) atoms. The zero-order valence-corrected chi connectivity index (χ0v) is 16.2. The number of thiazole rings is 1. The molecule has 0 unspecified atom stereocenters. The van der Waals surface area contributed by atoms with Gasteiger partial charge in [0, 0.05) is 12.2 Å². The van der Waals surface area contributed by atoms with E-state index >= 15 is 0 Å². The van der Waals surface area contributed by atoms with E-state index in [9.17, 15) is 17.2 Å². The minimum atomic E-state index is -3.59. The van der Waals surface area contributed by atoms with Gasteiger partial charge in [0.1, 0.15) is 9.88 Å². The second-order valence-electron chi connectivity index (χ2n) is 5.91. The number of alkyl halides is 2. The summed E-state index contributed by atoms with van der Waals surface area (Å²) in [4.78, 5) is 4.51. The highest BCUT2D eigenvalue weighted by atomic mass is 32.2. The maximum atomic E-state index is 12.6. The average Bonchev–Trinajstić information content (AvgIpc) is 3.30. The van der Waals surface area contributed by atoms with Gasteiger partial charge in [0.25, 0.3) is 11.8 Å². The van der Waals surface area contributed by atoms with Crippen molar-refractivity contribution in [3.63, 3.8) is 0 Å². The monoisotopic (exact) mass is 418 g/mol. The molecule has 0 aromatic carbocycles. The number of hydrogen-bond acceptors (Lipinski definition) is 8. The third kappa shape index (κ3) is 4.30. The SMILES string of the molecule is CC(C)n1cc(N(Cc2ncc(-c3nnc(C(F)F)o3)s2)S(C)(=O)=O)cn1. The van der Waals surface area contributed by atoms with Gasteiger partial charge in [-0.1, -0.05) is 0 Å². The Balaban J connectivity index is 1.85. The first kappa shape index (κ1) is 19.4. The molecule has 0 amide bonds. The molecule has 3 rings (SSSR count). The molecular weight excluding hydrogens is 402 g/mol. The van der Waals surface area contributed by atoms with Crippen LogP contribution in [0.1, 0.15) is 37.2 Å². The van der Waals surface area contributed by atoms with Gasteiger partial charge >= 0.3 is 6.43 Å². The Labute approximate surface area is 157 Å². The van der Waals surface area contributed by atoms with Gasteiger partial charge < -0.3 is 4.42 Å². The van der Waals surface area contributed by atoms with Crippen LogP contribution in [0.4, 0.5) is 14.5 Å². The summed E-state index contributed by atoms with van der Waals surface area (Å²) in [6, 6.07) is 0.0770. The summed E-state index contributed by atoms with van der Waals surface area (Å²) in [7, 11) is -3.59. The fourth-order valence-corrected chi connectivity index (χ4v) is 3.91. The molecule has 3 aromatic rings. The van der Waals surface area contributed by atoms with Crippen LogP contribution < -0.4 is 4.31 Å². The van der Waals surface area contributed by atoms with E-state index in [1.165, 1.54) is 16.7 Å². The first-order chi connectivity index (χ1) is 12.6. The summed E-state index contributed by atoms with van der Waals surface area (Å²) in [5.74, 6) is -0.869. The molecule has 146 valence electrons. The largest absolute Gasteiger partial charge is 0.414 e. The van der Waals surface area contributed by atoms with Gasteiger partial charge in [0.15, 0.2) is 0 Å². The van der Waals surface area contributed by atoms with Gasteiger partial charge in [0.05, 0.1) is 30.9 Å². The normalized spacial score (nSPS) is 12.3. The molecule has 0 aliphatic carbocycles. The molecule has 0 atom stereocenters. The minimum absolute atomic E-state index is 0.0386. The predicted molar refractivity (Wildman–Crippen MR) is 94.0 cm³/mol. The van der Waals surface area contributed by atoms with Crippen molar-refractivity contribution in [1.29, 1.82) is 0 Å². The topological polar surface area (TPSA) is 107 Å². The third-order valence-electron chi connectivity index (χ3n) is 3.48. The van der Waals surface area contributed by atoms with Crippen molar-refractivity contribution in [2.24, 2.45) is 0 Å². The van der Waals surface area contributed by atoms with Crippen molar-refractivity contribution in [2.75, 3.05) is 10.6 Å². The van der Waals surface area contributed by atoms with Gasteiger partial charge in [0.2, 0.25) is 10.0 Å². The van der Waals surface area contributed by atoms with Crippen molar-refractivity contribution >= 4 is 27.0 Å². The van der Waals surface area contributed by atoms with Crippen LogP contribution in [0.15, 0.2) is 23.0 Å². The second kappa shape index (κ2) is 7.31. The number of halogens is 2. The Morgan fingerprint density at radius 1 is 1.30 bits per heavy atom. The second-order valence-corrected chi connectivity index (χ2v) is 8.93. The van der Waals surface area contributed by atoms with E-state index in [2.05, 4.69) is 20.3 Å². The Hall–Kier alpha value is -2.41. The standard InChI is InChI=1S/C14H16F2N6O3S2/c1-8(2)21-6-9(4-18-21)22(27(3,23)24)7-11-17-5-10(26-11)13-19-20-14(25-13)12(15)16/h4-6,8,12H,7H2,1-3H3. The summed E-state index contributed by atoms with van der Waals surface area (Å²) in [5.41, 5.74) is 0.403. The van der Waals surface area contributed by atoms with Gasteiger partial charge in [-0.3, -0.25) is 8.99 Å². The maximum Gasteiger partial charge on any atom is 0.314 e. The lowest BCUT2D eigenvalue weighted by molar-refractivity contribution is 0.116. The summed E-state index contributed by atoms with van der Waals surface area (Å²) in [5, 5.41) is 11.4. The fourth-order valence-electron chi connectivity index (χ4n) is 2.17. The molecule has 0 N–H and O–H groups in total. The van der Waals surface area contributed by atoms with Crippen LogP contribution in [0.25, 0.3) is 10.8 Å². The summed E-state index contributed by atoms with van der Waals surface area (Å²) >= 11 is 1.08. The molecule has 13 heteroatoms. The number of nitrogens with zero attached hydrogens (tertiary/aromatic N) is 6. The third-order valence-corrected chi connectivity index (χ3v) is 5.59. The Kier molecular flexibility index (Phi) is 5.24. The quantitative estimate of drug-likeness (QED) is 0.581. The molecule has 0 bridgehead atoms. The lowest BCUT2D eigenvalue weighted by atomic mass is 10.4. The molecule has 0 saturated heterocycles. The van der Waals surface area contributed by atoms with Crippen LogP contribution in [0.5, 0.6) is 0 Å². The Morgan fingerprint density at radius 3 is 2.59 bits per heavy atom. The van der Waals surface area contributed by atoms with Gasteiger partial charge in [-0.2, -0.15) is 13.9 Å². The lowest BCUT2D eigenvalue weighted by Gasteiger charge is -2.19. The Morgan fingerprint density at radius 2 is 2.04 bits per heavy atom. The lowest BCUT2D eigenvalue weighted by Crippen LogP contribution is -2.28. The van der Waals surface area contributed by atoms with Crippen LogP contribution in [0, 0.1) is 0 Å². The van der Waals surface area contributed by atoms with Gasteiger partial charge in [-0.15, -0.1) is 21.5 Å². The first-order valence-corrected chi connectivity index (χ1v) is 10.4.